The predicted molar refractivity (Wildman–Crippen MR) is 82.2 cm³/mol. The van der Waals surface area contributed by atoms with E-state index in [9.17, 15) is 5.11 Å². The third-order valence-corrected chi connectivity index (χ3v) is 4.39. The van der Waals surface area contributed by atoms with Crippen LogP contribution in [-0.4, -0.2) is 18.3 Å². The third-order valence-electron chi connectivity index (χ3n) is 4.39. The van der Waals surface area contributed by atoms with E-state index in [0.29, 0.717) is 23.0 Å². The molecule has 1 saturated carbocycles. The summed E-state index contributed by atoms with van der Waals surface area (Å²) in [6.45, 7) is 6.80. The van der Waals surface area contributed by atoms with Gasteiger partial charge in [-0.15, -0.1) is 0 Å². The summed E-state index contributed by atoms with van der Waals surface area (Å²) in [5.74, 6) is 0.997. The van der Waals surface area contributed by atoms with Crippen LogP contribution >= 0.6 is 0 Å². The van der Waals surface area contributed by atoms with Crippen LogP contribution in [0.3, 0.4) is 0 Å². The summed E-state index contributed by atoms with van der Waals surface area (Å²) in [6.07, 6.45) is 5.03. The number of phenolic OH excluding ortho intramolecular Hbond substituents is 1. The monoisotopic (exact) mass is 277 g/mol. The standard InChI is InChI=1S/C17H27NO2/c1-12(15-8-7-14(20-4)10-16(15)19)18-13-6-5-9-17(2,3)11-13/h7-8,10,12-13,18-19H,5-6,9,11H2,1-4H3. The summed E-state index contributed by atoms with van der Waals surface area (Å²) in [4.78, 5) is 0. The lowest BCUT2D eigenvalue weighted by Crippen LogP contribution is -2.38. The van der Waals surface area contributed by atoms with E-state index < -0.39 is 0 Å². The zero-order chi connectivity index (χ0) is 14.8. The van der Waals surface area contributed by atoms with Crippen molar-refractivity contribution in [3.05, 3.63) is 23.8 Å². The van der Waals surface area contributed by atoms with Crippen molar-refractivity contribution in [2.24, 2.45) is 5.41 Å². The molecule has 1 aromatic rings. The van der Waals surface area contributed by atoms with Crippen LogP contribution < -0.4 is 10.1 Å². The van der Waals surface area contributed by atoms with Crippen LogP contribution in [-0.2, 0) is 0 Å². The fraction of sp³-hybridized carbons (Fsp3) is 0.647. The Kier molecular flexibility index (Phi) is 4.59. The number of nitrogens with one attached hydrogen (secondary N) is 1. The van der Waals surface area contributed by atoms with E-state index in [1.807, 2.05) is 12.1 Å². The Labute approximate surface area is 122 Å². The number of ether oxygens (including phenoxy) is 1. The second-order valence-corrected chi connectivity index (χ2v) is 6.77. The summed E-state index contributed by atoms with van der Waals surface area (Å²) in [7, 11) is 1.61. The molecule has 3 heteroatoms. The van der Waals surface area contributed by atoms with Crippen LogP contribution in [0.1, 0.15) is 58.1 Å². The molecule has 1 aliphatic carbocycles. The SMILES string of the molecule is COc1ccc(C(C)NC2CCCC(C)(C)C2)c(O)c1. The van der Waals surface area contributed by atoms with Crippen molar-refractivity contribution in [3.63, 3.8) is 0 Å². The molecule has 0 aromatic heterocycles. The number of benzene rings is 1. The zero-order valence-corrected chi connectivity index (χ0v) is 13.1. The van der Waals surface area contributed by atoms with Gasteiger partial charge in [0.25, 0.3) is 0 Å². The molecule has 2 unspecified atom stereocenters. The van der Waals surface area contributed by atoms with Gasteiger partial charge in [-0.25, -0.2) is 0 Å². The second-order valence-electron chi connectivity index (χ2n) is 6.77. The fourth-order valence-electron chi connectivity index (χ4n) is 3.30. The minimum absolute atomic E-state index is 0.153. The van der Waals surface area contributed by atoms with E-state index in [4.69, 9.17) is 4.74 Å². The number of hydrogen-bond acceptors (Lipinski definition) is 3. The minimum atomic E-state index is 0.153. The summed E-state index contributed by atoms with van der Waals surface area (Å²) >= 11 is 0. The maximum absolute atomic E-state index is 10.1. The number of phenols is 1. The molecule has 0 bridgehead atoms. The van der Waals surface area contributed by atoms with Gasteiger partial charge in [-0.05, 0) is 37.7 Å². The Hall–Kier alpha value is -1.22. The molecular weight excluding hydrogens is 250 g/mol. The molecule has 0 amide bonds. The topological polar surface area (TPSA) is 41.5 Å². The van der Waals surface area contributed by atoms with Crippen LogP contribution in [0.2, 0.25) is 0 Å². The van der Waals surface area contributed by atoms with E-state index in [1.54, 1.807) is 13.2 Å². The fourth-order valence-corrected chi connectivity index (χ4v) is 3.30. The van der Waals surface area contributed by atoms with Gasteiger partial charge in [0, 0.05) is 23.7 Å². The van der Waals surface area contributed by atoms with Crippen LogP contribution in [0.5, 0.6) is 11.5 Å². The largest absolute Gasteiger partial charge is 0.507 e. The molecule has 3 nitrogen and oxygen atoms in total. The van der Waals surface area contributed by atoms with Gasteiger partial charge in [0.2, 0.25) is 0 Å². The number of rotatable bonds is 4. The van der Waals surface area contributed by atoms with Crippen molar-refractivity contribution in [3.8, 4) is 11.5 Å². The highest BCUT2D eigenvalue weighted by atomic mass is 16.5. The van der Waals surface area contributed by atoms with Gasteiger partial charge < -0.3 is 15.2 Å². The summed E-state index contributed by atoms with van der Waals surface area (Å²) in [5.41, 5.74) is 1.37. The predicted octanol–water partition coefficient (Wildman–Crippen LogP) is 4.02. The van der Waals surface area contributed by atoms with Gasteiger partial charge in [0.15, 0.2) is 0 Å². The van der Waals surface area contributed by atoms with Crippen LogP contribution in [0.25, 0.3) is 0 Å². The molecule has 0 aliphatic heterocycles. The summed E-state index contributed by atoms with van der Waals surface area (Å²) in [6, 6.07) is 6.21. The van der Waals surface area contributed by atoms with Gasteiger partial charge in [-0.3, -0.25) is 0 Å². The Morgan fingerprint density at radius 3 is 2.75 bits per heavy atom. The highest BCUT2D eigenvalue weighted by Crippen LogP contribution is 2.36. The van der Waals surface area contributed by atoms with E-state index in [1.165, 1.54) is 25.7 Å². The Balaban J connectivity index is 2.02. The van der Waals surface area contributed by atoms with E-state index >= 15 is 0 Å². The number of hydrogen-bond donors (Lipinski definition) is 2. The van der Waals surface area contributed by atoms with Crippen LogP contribution in [0, 0.1) is 5.41 Å². The maximum Gasteiger partial charge on any atom is 0.124 e. The van der Waals surface area contributed by atoms with Gasteiger partial charge in [0.05, 0.1) is 7.11 Å². The lowest BCUT2D eigenvalue weighted by Gasteiger charge is -2.37. The van der Waals surface area contributed by atoms with Crippen molar-refractivity contribution >= 4 is 0 Å². The normalized spacial score (nSPS) is 23.3. The molecule has 2 N–H and O–H groups in total. The van der Waals surface area contributed by atoms with Crippen molar-refractivity contribution in [1.82, 2.24) is 5.32 Å². The van der Waals surface area contributed by atoms with E-state index in [-0.39, 0.29) is 6.04 Å². The first-order valence-corrected chi connectivity index (χ1v) is 7.54. The average molecular weight is 277 g/mol. The Morgan fingerprint density at radius 2 is 2.15 bits per heavy atom. The van der Waals surface area contributed by atoms with Crippen molar-refractivity contribution in [2.75, 3.05) is 7.11 Å². The molecule has 112 valence electrons. The van der Waals surface area contributed by atoms with Gasteiger partial charge >= 0.3 is 0 Å². The van der Waals surface area contributed by atoms with Crippen LogP contribution in [0.4, 0.5) is 0 Å². The van der Waals surface area contributed by atoms with E-state index in [0.717, 1.165) is 5.56 Å². The van der Waals surface area contributed by atoms with Crippen molar-refractivity contribution in [2.45, 2.75) is 58.5 Å². The lowest BCUT2D eigenvalue weighted by atomic mass is 9.75. The Bertz CT molecular complexity index is 456. The second kappa shape index (κ2) is 6.04. The Morgan fingerprint density at radius 1 is 1.40 bits per heavy atom. The van der Waals surface area contributed by atoms with Crippen molar-refractivity contribution < 1.29 is 9.84 Å². The highest BCUT2D eigenvalue weighted by Gasteiger charge is 2.28. The first-order chi connectivity index (χ1) is 9.41. The average Bonchev–Trinajstić information content (AvgIpc) is 2.37. The molecule has 0 radical (unpaired) electrons. The number of aromatic hydroxyl groups is 1. The summed E-state index contributed by atoms with van der Waals surface area (Å²) < 4.78 is 5.13. The van der Waals surface area contributed by atoms with Crippen molar-refractivity contribution in [1.29, 1.82) is 0 Å². The summed E-state index contributed by atoms with van der Waals surface area (Å²) in [5, 5.41) is 13.8. The first-order valence-electron chi connectivity index (χ1n) is 7.54. The quantitative estimate of drug-likeness (QED) is 0.873. The van der Waals surface area contributed by atoms with Gasteiger partial charge in [-0.1, -0.05) is 26.3 Å². The highest BCUT2D eigenvalue weighted by molar-refractivity contribution is 5.41. The molecule has 2 atom stereocenters. The molecule has 1 fully saturated rings. The van der Waals surface area contributed by atoms with E-state index in [2.05, 4.69) is 26.1 Å². The molecule has 20 heavy (non-hydrogen) atoms. The maximum atomic E-state index is 10.1. The molecule has 0 spiro atoms. The zero-order valence-electron chi connectivity index (χ0n) is 13.1. The number of methoxy groups -OCH3 is 1. The third kappa shape index (κ3) is 3.66. The van der Waals surface area contributed by atoms with Gasteiger partial charge in [-0.2, -0.15) is 0 Å². The molecule has 2 rings (SSSR count). The minimum Gasteiger partial charge on any atom is -0.507 e. The molecule has 1 aliphatic rings. The molecule has 0 heterocycles. The smallest absolute Gasteiger partial charge is 0.124 e. The molecule has 0 saturated heterocycles. The molecule has 1 aromatic carbocycles. The van der Waals surface area contributed by atoms with Crippen LogP contribution in [0.15, 0.2) is 18.2 Å². The molecular formula is C17H27NO2. The first kappa shape index (κ1) is 15.2. The lowest BCUT2D eigenvalue weighted by molar-refractivity contribution is 0.190. The van der Waals surface area contributed by atoms with Gasteiger partial charge in [0.1, 0.15) is 11.5 Å².